The van der Waals surface area contributed by atoms with Crippen molar-refractivity contribution in [1.82, 2.24) is 5.32 Å². The van der Waals surface area contributed by atoms with Gasteiger partial charge >= 0.3 is 5.97 Å². The summed E-state index contributed by atoms with van der Waals surface area (Å²) in [6.45, 7) is 5.01. The zero-order valence-corrected chi connectivity index (χ0v) is 6.33. The van der Waals surface area contributed by atoms with E-state index in [4.69, 9.17) is 5.11 Å². The van der Waals surface area contributed by atoms with E-state index < -0.39 is 17.8 Å². The van der Waals surface area contributed by atoms with Crippen molar-refractivity contribution >= 4 is 11.9 Å². The number of nitrogens with one attached hydrogen (secondary N) is 1. The molecule has 0 aliphatic carbocycles. The van der Waals surface area contributed by atoms with Gasteiger partial charge in [-0.25, -0.2) is 0 Å². The molecule has 0 heterocycles. The third kappa shape index (κ3) is 3.40. The summed E-state index contributed by atoms with van der Waals surface area (Å²) in [5.41, 5.74) is 0. The number of aliphatic carboxylic acids is 1. The number of carboxylic acids is 1. The van der Waals surface area contributed by atoms with Crippen molar-refractivity contribution in [3.05, 3.63) is 12.7 Å². The van der Waals surface area contributed by atoms with Gasteiger partial charge in [0.15, 0.2) is 0 Å². The van der Waals surface area contributed by atoms with E-state index in [9.17, 15) is 9.59 Å². The molecule has 0 spiro atoms. The summed E-state index contributed by atoms with van der Waals surface area (Å²) in [4.78, 5) is 21.0. The van der Waals surface area contributed by atoms with E-state index in [0.29, 0.717) is 6.54 Å². The highest BCUT2D eigenvalue weighted by atomic mass is 16.4. The van der Waals surface area contributed by atoms with Gasteiger partial charge in [0.25, 0.3) is 0 Å². The van der Waals surface area contributed by atoms with Gasteiger partial charge in [0.1, 0.15) is 5.92 Å². The Morgan fingerprint density at radius 2 is 2.27 bits per heavy atom. The number of amides is 1. The fourth-order valence-corrected chi connectivity index (χ4v) is 0.438. The van der Waals surface area contributed by atoms with E-state index in [1.807, 2.05) is 0 Å². The van der Waals surface area contributed by atoms with Crippen LogP contribution in [0.4, 0.5) is 0 Å². The molecule has 1 unspecified atom stereocenters. The molecule has 0 aromatic heterocycles. The Morgan fingerprint density at radius 1 is 1.73 bits per heavy atom. The number of hydrogen-bond acceptors (Lipinski definition) is 2. The summed E-state index contributed by atoms with van der Waals surface area (Å²) in [5.74, 6) is -2.60. The van der Waals surface area contributed by atoms with E-state index in [0.717, 1.165) is 0 Å². The quantitative estimate of drug-likeness (QED) is 0.446. The van der Waals surface area contributed by atoms with Crippen molar-refractivity contribution in [3.63, 3.8) is 0 Å². The first-order valence-electron chi connectivity index (χ1n) is 3.21. The van der Waals surface area contributed by atoms with Crippen molar-refractivity contribution in [3.8, 4) is 0 Å². The Kier molecular flexibility index (Phi) is 3.95. The van der Waals surface area contributed by atoms with Gasteiger partial charge in [-0.15, -0.1) is 6.58 Å². The van der Waals surface area contributed by atoms with Crippen LogP contribution in [-0.4, -0.2) is 23.5 Å². The molecule has 0 saturated heterocycles. The van der Waals surface area contributed by atoms with Crippen LogP contribution in [0.5, 0.6) is 0 Å². The van der Waals surface area contributed by atoms with Gasteiger partial charge in [-0.1, -0.05) is 6.08 Å². The van der Waals surface area contributed by atoms with E-state index >= 15 is 0 Å². The van der Waals surface area contributed by atoms with Gasteiger partial charge in [-0.05, 0) is 6.92 Å². The van der Waals surface area contributed by atoms with Crippen LogP contribution in [0, 0.1) is 5.92 Å². The van der Waals surface area contributed by atoms with Gasteiger partial charge in [-0.2, -0.15) is 0 Å². The summed E-state index contributed by atoms with van der Waals surface area (Å²) in [7, 11) is 0. The average Bonchev–Trinajstić information content (AvgIpc) is 1.98. The number of carbonyl (C=O) groups excluding carboxylic acids is 1. The summed E-state index contributed by atoms with van der Waals surface area (Å²) < 4.78 is 0. The van der Waals surface area contributed by atoms with Crippen LogP contribution in [0.25, 0.3) is 0 Å². The predicted molar refractivity (Wildman–Crippen MR) is 40.0 cm³/mol. The van der Waals surface area contributed by atoms with Crippen molar-refractivity contribution in [2.45, 2.75) is 6.92 Å². The molecule has 11 heavy (non-hydrogen) atoms. The lowest BCUT2D eigenvalue weighted by molar-refractivity contribution is -0.146. The normalized spacial score (nSPS) is 11.7. The van der Waals surface area contributed by atoms with Gasteiger partial charge in [0.05, 0.1) is 0 Å². The Balaban J connectivity index is 3.82. The summed E-state index contributed by atoms with van der Waals surface area (Å²) in [5, 5.41) is 10.7. The zero-order chi connectivity index (χ0) is 8.85. The molecule has 0 bridgehead atoms. The molecular formula is C7H11NO3. The highest BCUT2D eigenvalue weighted by molar-refractivity contribution is 5.96. The van der Waals surface area contributed by atoms with E-state index in [1.54, 1.807) is 0 Å². The Labute approximate surface area is 64.9 Å². The van der Waals surface area contributed by atoms with Crippen LogP contribution in [0.15, 0.2) is 12.7 Å². The second-order valence-electron chi connectivity index (χ2n) is 2.09. The maximum Gasteiger partial charge on any atom is 0.315 e. The van der Waals surface area contributed by atoms with Gasteiger partial charge < -0.3 is 10.4 Å². The summed E-state index contributed by atoms with van der Waals surface area (Å²) >= 11 is 0. The minimum atomic E-state index is -1.12. The first-order valence-corrected chi connectivity index (χ1v) is 3.21. The third-order valence-electron chi connectivity index (χ3n) is 1.18. The number of hydrogen-bond donors (Lipinski definition) is 2. The minimum absolute atomic E-state index is 0.302. The van der Waals surface area contributed by atoms with Crippen LogP contribution >= 0.6 is 0 Å². The van der Waals surface area contributed by atoms with Crippen LogP contribution < -0.4 is 5.32 Å². The lowest BCUT2D eigenvalue weighted by Gasteiger charge is -2.04. The lowest BCUT2D eigenvalue weighted by atomic mass is 10.2. The molecule has 0 radical (unpaired) electrons. The molecule has 0 aromatic carbocycles. The zero-order valence-electron chi connectivity index (χ0n) is 6.33. The van der Waals surface area contributed by atoms with E-state index in [2.05, 4.69) is 11.9 Å². The molecule has 0 saturated carbocycles. The molecule has 0 aliphatic heterocycles. The first-order chi connectivity index (χ1) is 5.09. The van der Waals surface area contributed by atoms with Gasteiger partial charge in [0, 0.05) is 6.54 Å². The molecule has 1 atom stereocenters. The van der Waals surface area contributed by atoms with E-state index in [1.165, 1.54) is 13.0 Å². The predicted octanol–water partition coefficient (Wildman–Crippen LogP) is 0.00930. The standard InChI is InChI=1S/C7H11NO3/c1-3-4-8-6(9)5(2)7(10)11/h3,5H,1,4H2,2H3,(H,8,9)(H,10,11). The summed E-state index contributed by atoms with van der Waals surface area (Å²) in [6.07, 6.45) is 1.49. The number of rotatable bonds is 4. The molecule has 1 amide bonds. The smallest absolute Gasteiger partial charge is 0.315 e. The average molecular weight is 157 g/mol. The SMILES string of the molecule is C=CCNC(=O)C(C)C(=O)O. The van der Waals surface area contributed by atoms with Crippen LogP contribution in [0.2, 0.25) is 0 Å². The fourth-order valence-electron chi connectivity index (χ4n) is 0.438. The molecule has 0 fully saturated rings. The summed E-state index contributed by atoms with van der Waals surface area (Å²) in [6, 6.07) is 0. The maximum atomic E-state index is 10.8. The van der Waals surface area contributed by atoms with Crippen molar-refractivity contribution in [2.24, 2.45) is 5.92 Å². The van der Waals surface area contributed by atoms with Crippen molar-refractivity contribution in [2.75, 3.05) is 6.54 Å². The Bertz CT molecular complexity index is 177. The topological polar surface area (TPSA) is 66.4 Å². The third-order valence-corrected chi connectivity index (χ3v) is 1.18. The Morgan fingerprint density at radius 3 is 2.64 bits per heavy atom. The molecule has 2 N–H and O–H groups in total. The minimum Gasteiger partial charge on any atom is -0.481 e. The molecule has 4 nitrogen and oxygen atoms in total. The van der Waals surface area contributed by atoms with Crippen LogP contribution in [0.1, 0.15) is 6.92 Å². The monoisotopic (exact) mass is 157 g/mol. The van der Waals surface area contributed by atoms with Gasteiger partial charge in [-0.3, -0.25) is 9.59 Å². The van der Waals surface area contributed by atoms with Gasteiger partial charge in [0.2, 0.25) is 5.91 Å². The second kappa shape index (κ2) is 4.49. The maximum absolute atomic E-state index is 10.8. The Hall–Kier alpha value is -1.32. The van der Waals surface area contributed by atoms with Crippen molar-refractivity contribution < 1.29 is 14.7 Å². The van der Waals surface area contributed by atoms with Crippen LogP contribution in [-0.2, 0) is 9.59 Å². The van der Waals surface area contributed by atoms with E-state index in [-0.39, 0.29) is 0 Å². The number of carboxylic acid groups (broad SMARTS) is 1. The molecular weight excluding hydrogens is 146 g/mol. The number of carbonyl (C=O) groups is 2. The second-order valence-corrected chi connectivity index (χ2v) is 2.09. The van der Waals surface area contributed by atoms with Crippen molar-refractivity contribution in [1.29, 1.82) is 0 Å². The van der Waals surface area contributed by atoms with Crippen LogP contribution in [0.3, 0.4) is 0 Å². The largest absolute Gasteiger partial charge is 0.481 e. The molecule has 0 aromatic rings. The lowest BCUT2D eigenvalue weighted by Crippen LogP contribution is -2.33. The molecule has 0 aliphatic rings. The molecule has 4 heteroatoms. The fraction of sp³-hybridized carbons (Fsp3) is 0.429. The molecule has 62 valence electrons. The highest BCUT2D eigenvalue weighted by Crippen LogP contribution is 1.93. The first kappa shape index (κ1) is 9.68. The highest BCUT2D eigenvalue weighted by Gasteiger charge is 2.18. The molecule has 0 rings (SSSR count).